The maximum atomic E-state index is 5.66. The van der Waals surface area contributed by atoms with E-state index in [1.807, 2.05) is 0 Å². The van der Waals surface area contributed by atoms with Gasteiger partial charge < -0.3 is 14.4 Å². The first kappa shape index (κ1) is 13.8. The van der Waals surface area contributed by atoms with Crippen LogP contribution >= 0.6 is 0 Å². The largest absolute Gasteiger partial charge is 0.384 e. The number of hydrogen-bond acceptors (Lipinski definition) is 5. The van der Waals surface area contributed by atoms with Crippen molar-refractivity contribution >= 4 is 5.82 Å². The van der Waals surface area contributed by atoms with Gasteiger partial charge in [0, 0.05) is 31.5 Å². The van der Waals surface area contributed by atoms with E-state index in [0.717, 1.165) is 44.4 Å². The SMILES string of the molecule is COC[C@@]12COC[C@@H]1CN(c1ccc(C(C)C)nn1)C2. The summed E-state index contributed by atoms with van der Waals surface area (Å²) in [6.07, 6.45) is 0. The molecular formula is C15H23N3O2. The molecule has 3 heterocycles. The molecule has 1 aromatic heterocycles. The first-order valence-electron chi connectivity index (χ1n) is 7.30. The maximum Gasteiger partial charge on any atom is 0.151 e. The minimum Gasteiger partial charge on any atom is -0.384 e. The Kier molecular flexibility index (Phi) is 3.65. The molecule has 1 aromatic rings. The van der Waals surface area contributed by atoms with Crippen LogP contribution in [0.4, 0.5) is 5.82 Å². The molecule has 5 heteroatoms. The molecular weight excluding hydrogens is 254 g/mol. The van der Waals surface area contributed by atoms with Crippen LogP contribution in [0, 0.1) is 11.3 Å². The third kappa shape index (κ3) is 2.29. The van der Waals surface area contributed by atoms with Crippen LogP contribution in [-0.4, -0.2) is 50.2 Å². The number of ether oxygens (including phenoxy) is 2. The van der Waals surface area contributed by atoms with Crippen LogP contribution in [0.1, 0.15) is 25.5 Å². The minimum absolute atomic E-state index is 0.132. The minimum atomic E-state index is 0.132. The van der Waals surface area contributed by atoms with Crippen molar-refractivity contribution in [3.8, 4) is 0 Å². The quantitative estimate of drug-likeness (QED) is 0.838. The molecule has 20 heavy (non-hydrogen) atoms. The molecule has 2 aliphatic rings. The zero-order valence-electron chi connectivity index (χ0n) is 12.5. The molecule has 5 nitrogen and oxygen atoms in total. The number of rotatable bonds is 4. The Hall–Kier alpha value is -1.20. The molecule has 0 aromatic carbocycles. The van der Waals surface area contributed by atoms with E-state index in [4.69, 9.17) is 9.47 Å². The summed E-state index contributed by atoms with van der Waals surface area (Å²) in [7, 11) is 1.77. The van der Waals surface area contributed by atoms with Crippen molar-refractivity contribution in [2.24, 2.45) is 11.3 Å². The summed E-state index contributed by atoms with van der Waals surface area (Å²) in [5, 5.41) is 8.73. The fourth-order valence-corrected chi connectivity index (χ4v) is 3.31. The second-order valence-corrected chi connectivity index (χ2v) is 6.36. The Morgan fingerprint density at radius 1 is 1.45 bits per heavy atom. The van der Waals surface area contributed by atoms with Gasteiger partial charge in [-0.2, -0.15) is 5.10 Å². The molecule has 0 aliphatic carbocycles. The van der Waals surface area contributed by atoms with Gasteiger partial charge in [0.1, 0.15) is 0 Å². The van der Waals surface area contributed by atoms with Crippen molar-refractivity contribution in [2.75, 3.05) is 44.9 Å². The van der Waals surface area contributed by atoms with Crippen molar-refractivity contribution in [3.05, 3.63) is 17.8 Å². The van der Waals surface area contributed by atoms with Crippen LogP contribution in [0.15, 0.2) is 12.1 Å². The van der Waals surface area contributed by atoms with Crippen molar-refractivity contribution in [2.45, 2.75) is 19.8 Å². The number of hydrogen-bond donors (Lipinski definition) is 0. The Morgan fingerprint density at radius 2 is 2.30 bits per heavy atom. The first-order chi connectivity index (χ1) is 9.64. The second-order valence-electron chi connectivity index (χ2n) is 6.36. The molecule has 2 aliphatic heterocycles. The van der Waals surface area contributed by atoms with Gasteiger partial charge in [0.15, 0.2) is 5.82 Å². The van der Waals surface area contributed by atoms with Crippen LogP contribution in [-0.2, 0) is 9.47 Å². The van der Waals surface area contributed by atoms with E-state index in [9.17, 15) is 0 Å². The highest BCUT2D eigenvalue weighted by atomic mass is 16.5. The molecule has 0 bridgehead atoms. The summed E-state index contributed by atoms with van der Waals surface area (Å²) in [5.41, 5.74) is 1.18. The van der Waals surface area contributed by atoms with E-state index >= 15 is 0 Å². The lowest BCUT2D eigenvalue weighted by atomic mass is 9.82. The lowest BCUT2D eigenvalue weighted by Gasteiger charge is -2.26. The van der Waals surface area contributed by atoms with Crippen molar-refractivity contribution < 1.29 is 9.47 Å². The number of fused-ring (bicyclic) bond motifs is 1. The fraction of sp³-hybridized carbons (Fsp3) is 0.733. The highest BCUT2D eigenvalue weighted by Gasteiger charge is 2.51. The molecule has 3 rings (SSSR count). The average molecular weight is 277 g/mol. The zero-order valence-corrected chi connectivity index (χ0v) is 12.5. The summed E-state index contributed by atoms with van der Waals surface area (Å²) >= 11 is 0. The summed E-state index contributed by atoms with van der Waals surface area (Å²) < 4.78 is 11.1. The van der Waals surface area contributed by atoms with Crippen molar-refractivity contribution in [1.29, 1.82) is 0 Å². The van der Waals surface area contributed by atoms with Crippen LogP contribution < -0.4 is 4.90 Å². The van der Waals surface area contributed by atoms with Gasteiger partial charge in [-0.25, -0.2) is 0 Å². The lowest BCUT2D eigenvalue weighted by Crippen LogP contribution is -2.35. The molecule has 0 spiro atoms. The van der Waals surface area contributed by atoms with E-state index in [-0.39, 0.29) is 5.41 Å². The van der Waals surface area contributed by atoms with Gasteiger partial charge in [0.2, 0.25) is 0 Å². The van der Waals surface area contributed by atoms with Crippen molar-refractivity contribution in [1.82, 2.24) is 10.2 Å². The Morgan fingerprint density at radius 3 is 2.95 bits per heavy atom. The molecule has 110 valence electrons. The molecule has 2 atom stereocenters. The van der Waals surface area contributed by atoms with Crippen LogP contribution in [0.25, 0.3) is 0 Å². The Labute approximate surface area is 120 Å². The van der Waals surface area contributed by atoms with E-state index in [1.165, 1.54) is 0 Å². The molecule has 2 saturated heterocycles. The molecule has 2 fully saturated rings. The molecule has 0 unspecified atom stereocenters. The number of nitrogens with zero attached hydrogens (tertiary/aromatic N) is 3. The monoisotopic (exact) mass is 277 g/mol. The zero-order chi connectivity index (χ0) is 14.2. The van der Waals surface area contributed by atoms with Gasteiger partial charge in [-0.15, -0.1) is 5.10 Å². The van der Waals surface area contributed by atoms with Gasteiger partial charge in [-0.05, 0) is 18.1 Å². The van der Waals surface area contributed by atoms with Crippen molar-refractivity contribution in [3.63, 3.8) is 0 Å². The maximum absolute atomic E-state index is 5.66. The summed E-state index contributed by atoms with van der Waals surface area (Å²) in [4.78, 5) is 2.32. The predicted molar refractivity (Wildman–Crippen MR) is 77.0 cm³/mol. The second kappa shape index (κ2) is 5.30. The molecule has 0 N–H and O–H groups in total. The molecule has 0 radical (unpaired) electrons. The summed E-state index contributed by atoms with van der Waals surface area (Å²) in [6, 6.07) is 4.17. The third-order valence-electron chi connectivity index (χ3n) is 4.54. The standard InChI is InChI=1S/C15H23N3O2/c1-11(2)13-4-5-14(17-16-13)18-6-12-7-20-10-15(12,8-18)9-19-3/h4-5,11-12H,6-10H2,1-3H3/t12-,15-/m0/s1. The number of aromatic nitrogens is 2. The normalized spacial score (nSPS) is 29.2. The summed E-state index contributed by atoms with van der Waals surface area (Å²) in [5.74, 6) is 1.93. The first-order valence-corrected chi connectivity index (χ1v) is 7.30. The number of methoxy groups -OCH3 is 1. The van der Waals surface area contributed by atoms with Crippen LogP contribution in [0.3, 0.4) is 0 Å². The molecule has 0 amide bonds. The third-order valence-corrected chi connectivity index (χ3v) is 4.54. The van der Waals surface area contributed by atoms with Gasteiger partial charge in [-0.1, -0.05) is 13.8 Å². The van der Waals surface area contributed by atoms with E-state index in [2.05, 4.69) is 41.1 Å². The fourth-order valence-electron chi connectivity index (χ4n) is 3.31. The van der Waals surface area contributed by atoms with E-state index in [1.54, 1.807) is 7.11 Å². The van der Waals surface area contributed by atoms with Gasteiger partial charge in [-0.3, -0.25) is 0 Å². The van der Waals surface area contributed by atoms with E-state index in [0.29, 0.717) is 11.8 Å². The van der Waals surface area contributed by atoms with Gasteiger partial charge in [0.25, 0.3) is 0 Å². The summed E-state index contributed by atoms with van der Waals surface area (Å²) in [6.45, 7) is 8.58. The topological polar surface area (TPSA) is 47.5 Å². The van der Waals surface area contributed by atoms with Crippen LogP contribution in [0.2, 0.25) is 0 Å². The highest BCUT2D eigenvalue weighted by Crippen LogP contribution is 2.42. The smallest absolute Gasteiger partial charge is 0.151 e. The molecule has 0 saturated carbocycles. The Bertz CT molecular complexity index is 463. The lowest BCUT2D eigenvalue weighted by molar-refractivity contribution is 0.0660. The van der Waals surface area contributed by atoms with Gasteiger partial charge in [0.05, 0.1) is 25.5 Å². The average Bonchev–Trinajstić information content (AvgIpc) is 2.96. The van der Waals surface area contributed by atoms with Crippen LogP contribution in [0.5, 0.6) is 0 Å². The predicted octanol–water partition coefficient (Wildman–Crippen LogP) is 1.70. The van der Waals surface area contributed by atoms with E-state index < -0.39 is 0 Å². The Balaban J connectivity index is 1.76. The number of anilines is 1. The highest BCUT2D eigenvalue weighted by molar-refractivity contribution is 5.40. The van der Waals surface area contributed by atoms with Gasteiger partial charge >= 0.3 is 0 Å².